The van der Waals surface area contributed by atoms with E-state index in [0.29, 0.717) is 43.3 Å². The number of pyridine rings is 1. The van der Waals surface area contributed by atoms with Gasteiger partial charge in [-0.3, -0.25) is 14.9 Å². The number of nitro groups is 1. The van der Waals surface area contributed by atoms with E-state index >= 15 is 0 Å². The van der Waals surface area contributed by atoms with E-state index in [1.165, 1.54) is 12.3 Å². The third-order valence-corrected chi connectivity index (χ3v) is 7.09. The Bertz CT molecular complexity index is 1880. The zero-order chi connectivity index (χ0) is 31.1. The summed E-state index contributed by atoms with van der Waals surface area (Å²) in [7, 11) is 0. The van der Waals surface area contributed by atoms with E-state index in [4.69, 9.17) is 14.5 Å². The topological polar surface area (TPSA) is 133 Å². The maximum Gasteiger partial charge on any atom is 0.338 e. The first kappa shape index (κ1) is 30.1. The Balaban J connectivity index is 1.32. The maximum atomic E-state index is 13.2. The number of amides is 1. The highest BCUT2D eigenvalue weighted by atomic mass is 79.9. The number of fused-ring (bicyclic) bond motifs is 1. The summed E-state index contributed by atoms with van der Waals surface area (Å²) in [6, 6.07) is 28.0. The molecule has 10 nitrogen and oxygen atoms in total. The summed E-state index contributed by atoms with van der Waals surface area (Å²) in [6.45, 7) is 2.02. The summed E-state index contributed by atoms with van der Waals surface area (Å²) in [6.07, 6.45) is 1.31. The predicted octanol–water partition coefficient (Wildman–Crippen LogP) is 7.09. The van der Waals surface area contributed by atoms with Crippen molar-refractivity contribution < 1.29 is 24.0 Å². The average Bonchev–Trinajstić information content (AvgIpc) is 3.04. The van der Waals surface area contributed by atoms with E-state index < -0.39 is 16.8 Å². The number of carbonyl (C=O) groups excluding carboxylic acids is 2. The van der Waals surface area contributed by atoms with Gasteiger partial charge >= 0.3 is 11.7 Å². The summed E-state index contributed by atoms with van der Waals surface area (Å²) in [4.78, 5) is 41.1. The highest BCUT2D eigenvalue weighted by Gasteiger charge is 2.21. The summed E-state index contributed by atoms with van der Waals surface area (Å²) in [5.74, 6) is -0.861. The third-order valence-electron chi connectivity index (χ3n) is 6.50. The van der Waals surface area contributed by atoms with E-state index in [0.717, 1.165) is 5.56 Å². The lowest BCUT2D eigenvalue weighted by Gasteiger charge is -2.10. The van der Waals surface area contributed by atoms with Crippen LogP contribution < -0.4 is 10.2 Å². The van der Waals surface area contributed by atoms with Crippen LogP contribution in [0.15, 0.2) is 107 Å². The minimum atomic E-state index is -0.561. The molecule has 0 saturated carbocycles. The Kier molecular flexibility index (Phi) is 9.36. The lowest BCUT2D eigenvalue weighted by Crippen LogP contribution is -2.18. The number of para-hydroxylation sites is 1. The Morgan fingerprint density at radius 3 is 2.45 bits per heavy atom. The van der Waals surface area contributed by atoms with E-state index in [-0.39, 0.29) is 24.7 Å². The highest BCUT2D eigenvalue weighted by molar-refractivity contribution is 9.10. The summed E-state index contributed by atoms with van der Waals surface area (Å²) in [5.41, 5.74) is 6.24. The number of benzene rings is 4. The molecule has 1 N–H and O–H groups in total. The molecule has 1 amide bonds. The van der Waals surface area contributed by atoms with E-state index in [9.17, 15) is 19.7 Å². The summed E-state index contributed by atoms with van der Waals surface area (Å²) < 4.78 is 11.1. The zero-order valence-electron chi connectivity index (χ0n) is 23.4. The predicted molar refractivity (Wildman–Crippen MR) is 170 cm³/mol. The molecular formula is C33H25BrN4O6. The summed E-state index contributed by atoms with van der Waals surface area (Å²) in [5, 5.41) is 16.6. The van der Waals surface area contributed by atoms with Gasteiger partial charge in [-0.05, 0) is 58.7 Å². The normalized spacial score (nSPS) is 11.0. The van der Waals surface area contributed by atoms with Gasteiger partial charge in [0.15, 0.2) is 0 Å². The van der Waals surface area contributed by atoms with Crippen LogP contribution in [0, 0.1) is 10.1 Å². The average molecular weight is 653 g/mol. The van der Waals surface area contributed by atoms with Gasteiger partial charge in [-0.15, -0.1) is 0 Å². The number of ether oxygens (including phenoxy) is 2. The van der Waals surface area contributed by atoms with E-state index in [2.05, 4.69) is 26.5 Å². The van der Waals surface area contributed by atoms with E-state index in [1.807, 2.05) is 54.6 Å². The number of hydrogen-bond acceptors (Lipinski definition) is 8. The first-order chi connectivity index (χ1) is 21.3. The molecular weight excluding hydrogens is 628 g/mol. The Morgan fingerprint density at radius 2 is 1.73 bits per heavy atom. The number of nitrogens with zero attached hydrogens (tertiary/aromatic N) is 3. The number of halogens is 1. The first-order valence-electron chi connectivity index (χ1n) is 13.5. The van der Waals surface area contributed by atoms with Crippen molar-refractivity contribution in [2.75, 3.05) is 6.61 Å². The van der Waals surface area contributed by atoms with Crippen LogP contribution in [0.5, 0.6) is 5.75 Å². The molecule has 0 fully saturated rings. The standard InChI is InChI=1S/C33H25BrN4O6/c1-2-43-33(40)24-14-12-21(13-15-24)20-44-31-27(34)16-22(17-30(31)38(41)42)19-35-37-32(39)26-18-29(23-8-4-3-5-9-23)36-28-11-7-6-10-25(26)28/h3-19H,2,20H2,1H3,(H,37,39)/b35-19-. The van der Waals surface area contributed by atoms with Gasteiger partial charge in [-0.2, -0.15) is 5.10 Å². The lowest BCUT2D eigenvalue weighted by molar-refractivity contribution is -0.386. The highest BCUT2D eigenvalue weighted by Crippen LogP contribution is 2.36. The molecule has 0 aliphatic carbocycles. The third kappa shape index (κ3) is 6.96. The van der Waals surface area contributed by atoms with Crippen molar-refractivity contribution in [1.29, 1.82) is 0 Å². The molecule has 5 aromatic rings. The maximum absolute atomic E-state index is 13.2. The number of nitrogens with one attached hydrogen (secondary N) is 1. The van der Waals surface area contributed by atoms with Crippen molar-refractivity contribution in [2.24, 2.45) is 5.10 Å². The van der Waals surface area contributed by atoms with Crippen LogP contribution in [0.25, 0.3) is 22.2 Å². The number of nitro benzene ring substituents is 1. The van der Waals surface area contributed by atoms with Gasteiger partial charge in [-0.25, -0.2) is 15.2 Å². The molecule has 44 heavy (non-hydrogen) atoms. The smallest absolute Gasteiger partial charge is 0.338 e. The fourth-order valence-electron chi connectivity index (χ4n) is 4.41. The second kappa shape index (κ2) is 13.7. The number of hydrogen-bond donors (Lipinski definition) is 1. The van der Waals surface area contributed by atoms with Gasteiger partial charge in [0.1, 0.15) is 6.61 Å². The molecule has 4 aromatic carbocycles. The van der Waals surface area contributed by atoms with Crippen LogP contribution in [0.4, 0.5) is 5.69 Å². The van der Waals surface area contributed by atoms with Crippen molar-refractivity contribution in [3.63, 3.8) is 0 Å². The van der Waals surface area contributed by atoms with Crippen molar-refractivity contribution in [2.45, 2.75) is 13.5 Å². The van der Waals surface area contributed by atoms with Crippen molar-refractivity contribution in [1.82, 2.24) is 10.4 Å². The van der Waals surface area contributed by atoms with E-state index in [1.54, 1.807) is 43.3 Å². The van der Waals surface area contributed by atoms with Gasteiger partial charge in [0.2, 0.25) is 5.75 Å². The van der Waals surface area contributed by atoms with Gasteiger partial charge in [0.05, 0.1) is 44.6 Å². The molecule has 0 spiro atoms. The molecule has 5 rings (SSSR count). The van der Waals surface area contributed by atoms with Crippen LogP contribution in [0.3, 0.4) is 0 Å². The monoisotopic (exact) mass is 652 g/mol. The largest absolute Gasteiger partial charge is 0.481 e. The molecule has 0 aliphatic rings. The molecule has 1 aromatic heterocycles. The Morgan fingerprint density at radius 1 is 1.00 bits per heavy atom. The fourth-order valence-corrected chi connectivity index (χ4v) is 4.99. The SMILES string of the molecule is CCOC(=O)c1ccc(COc2c(Br)cc(/C=N\NC(=O)c3cc(-c4ccccc4)nc4ccccc34)cc2[N+](=O)[O-])cc1. The molecule has 0 unspecified atom stereocenters. The Labute approximate surface area is 260 Å². The number of carbonyl (C=O) groups is 2. The van der Waals surface area contributed by atoms with Crippen molar-refractivity contribution in [3.05, 3.63) is 134 Å². The van der Waals surface area contributed by atoms with Crippen LogP contribution in [-0.2, 0) is 11.3 Å². The lowest BCUT2D eigenvalue weighted by atomic mass is 10.0. The van der Waals surface area contributed by atoms with Gasteiger partial charge in [0.25, 0.3) is 5.91 Å². The number of hydrazone groups is 1. The molecule has 0 aliphatic heterocycles. The van der Waals surface area contributed by atoms with Gasteiger partial charge < -0.3 is 9.47 Å². The van der Waals surface area contributed by atoms with Gasteiger partial charge in [0, 0.05) is 22.6 Å². The number of aromatic nitrogens is 1. The number of rotatable bonds is 10. The second-order valence-corrected chi connectivity index (χ2v) is 10.3. The van der Waals surface area contributed by atoms with Crippen LogP contribution in [0.1, 0.15) is 38.8 Å². The molecule has 220 valence electrons. The quantitative estimate of drug-likeness (QED) is 0.0736. The van der Waals surface area contributed by atoms with Crippen LogP contribution >= 0.6 is 15.9 Å². The van der Waals surface area contributed by atoms with Crippen LogP contribution in [0.2, 0.25) is 0 Å². The molecule has 1 heterocycles. The molecule has 0 atom stereocenters. The first-order valence-corrected chi connectivity index (χ1v) is 14.3. The number of esters is 1. The molecule has 11 heteroatoms. The molecule has 0 radical (unpaired) electrons. The fraction of sp³-hybridized carbons (Fsp3) is 0.0909. The molecule has 0 bridgehead atoms. The molecule has 0 saturated heterocycles. The zero-order valence-corrected chi connectivity index (χ0v) is 25.0. The Hall–Kier alpha value is -5.42. The minimum Gasteiger partial charge on any atom is -0.481 e. The second-order valence-electron chi connectivity index (χ2n) is 9.45. The van der Waals surface area contributed by atoms with Gasteiger partial charge in [-0.1, -0.05) is 60.7 Å². The van der Waals surface area contributed by atoms with Crippen molar-refractivity contribution in [3.8, 4) is 17.0 Å². The van der Waals surface area contributed by atoms with Crippen molar-refractivity contribution >= 4 is 50.6 Å². The minimum absolute atomic E-state index is 0.0247. The summed E-state index contributed by atoms with van der Waals surface area (Å²) >= 11 is 3.36. The van der Waals surface area contributed by atoms with Crippen LogP contribution in [-0.4, -0.2) is 34.6 Å².